The number of hydrogen-bond acceptors (Lipinski definition) is 4. The Hall–Kier alpha value is -2.93. The number of nitrogens with one attached hydrogen (secondary N) is 2. The standard InChI is InChI=1S/C17H17ClN6O/c1-10-7-11(2)24(23-10)16-8-15(19-9-20-16)22-17(25)21-14-6-4-5-13(18)12(14)3/h4-9H,1-3H3,(H2,19,20,21,22,25). The molecular weight excluding hydrogens is 340 g/mol. The monoisotopic (exact) mass is 356 g/mol. The van der Waals surface area contributed by atoms with Crippen LogP contribution in [0.5, 0.6) is 0 Å². The summed E-state index contributed by atoms with van der Waals surface area (Å²) in [5, 5.41) is 10.4. The Morgan fingerprint density at radius 1 is 1.12 bits per heavy atom. The van der Waals surface area contributed by atoms with Gasteiger partial charge in [-0.05, 0) is 44.5 Å². The van der Waals surface area contributed by atoms with E-state index >= 15 is 0 Å². The number of rotatable bonds is 3. The second-order valence-electron chi connectivity index (χ2n) is 5.59. The highest BCUT2D eigenvalue weighted by molar-refractivity contribution is 6.31. The topological polar surface area (TPSA) is 84.7 Å². The molecule has 0 fully saturated rings. The normalized spacial score (nSPS) is 10.6. The number of carbonyl (C=O) groups is 1. The molecule has 0 bridgehead atoms. The highest BCUT2D eigenvalue weighted by Gasteiger charge is 2.10. The van der Waals surface area contributed by atoms with Crippen LogP contribution in [0.15, 0.2) is 36.7 Å². The summed E-state index contributed by atoms with van der Waals surface area (Å²) in [4.78, 5) is 20.5. The molecule has 2 amide bonds. The first kappa shape index (κ1) is 16.9. The molecule has 0 radical (unpaired) electrons. The molecule has 0 aliphatic rings. The van der Waals surface area contributed by atoms with Gasteiger partial charge >= 0.3 is 6.03 Å². The molecule has 0 saturated carbocycles. The third-order valence-corrected chi connectivity index (χ3v) is 4.05. The van der Waals surface area contributed by atoms with Crippen LogP contribution in [0.1, 0.15) is 17.0 Å². The first-order valence-corrected chi connectivity index (χ1v) is 8.00. The van der Waals surface area contributed by atoms with Gasteiger partial charge in [0.1, 0.15) is 12.1 Å². The van der Waals surface area contributed by atoms with Gasteiger partial charge in [0.15, 0.2) is 5.82 Å². The molecule has 2 aromatic heterocycles. The van der Waals surface area contributed by atoms with Gasteiger partial charge in [-0.15, -0.1) is 0 Å². The first-order valence-electron chi connectivity index (χ1n) is 7.63. The summed E-state index contributed by atoms with van der Waals surface area (Å²) >= 11 is 6.06. The van der Waals surface area contributed by atoms with E-state index in [0.29, 0.717) is 22.3 Å². The van der Waals surface area contributed by atoms with E-state index in [1.54, 1.807) is 28.9 Å². The van der Waals surface area contributed by atoms with Crippen LogP contribution in [0.25, 0.3) is 5.82 Å². The van der Waals surface area contributed by atoms with Gasteiger partial charge in [-0.3, -0.25) is 5.32 Å². The number of halogens is 1. The molecule has 1 aromatic carbocycles. The third kappa shape index (κ3) is 3.77. The zero-order chi connectivity index (χ0) is 18.0. The molecule has 0 unspecified atom stereocenters. The van der Waals surface area contributed by atoms with Crippen LogP contribution < -0.4 is 10.6 Å². The molecular formula is C17H17ClN6O. The van der Waals surface area contributed by atoms with E-state index in [1.807, 2.05) is 26.8 Å². The molecule has 2 N–H and O–H groups in total. The number of nitrogens with zero attached hydrogens (tertiary/aromatic N) is 4. The van der Waals surface area contributed by atoms with Gasteiger partial charge in [-0.1, -0.05) is 17.7 Å². The van der Waals surface area contributed by atoms with Crippen molar-refractivity contribution in [1.82, 2.24) is 19.7 Å². The van der Waals surface area contributed by atoms with Crippen molar-refractivity contribution < 1.29 is 4.79 Å². The second-order valence-corrected chi connectivity index (χ2v) is 6.00. The minimum atomic E-state index is -0.414. The lowest BCUT2D eigenvalue weighted by molar-refractivity contribution is 0.262. The molecule has 0 atom stereocenters. The van der Waals surface area contributed by atoms with Crippen LogP contribution in [-0.2, 0) is 0 Å². The highest BCUT2D eigenvalue weighted by Crippen LogP contribution is 2.23. The van der Waals surface area contributed by atoms with E-state index in [1.165, 1.54) is 6.33 Å². The third-order valence-electron chi connectivity index (χ3n) is 3.64. The molecule has 2 heterocycles. The zero-order valence-corrected chi connectivity index (χ0v) is 14.8. The molecule has 0 saturated heterocycles. The van der Waals surface area contributed by atoms with Gasteiger partial charge in [-0.25, -0.2) is 19.4 Å². The lowest BCUT2D eigenvalue weighted by Crippen LogP contribution is -2.21. The Morgan fingerprint density at radius 3 is 2.64 bits per heavy atom. The number of anilines is 2. The Morgan fingerprint density at radius 2 is 1.92 bits per heavy atom. The SMILES string of the molecule is Cc1cc(C)n(-c2cc(NC(=O)Nc3cccc(Cl)c3C)ncn2)n1. The van der Waals surface area contributed by atoms with Gasteiger partial charge in [0.25, 0.3) is 0 Å². The summed E-state index contributed by atoms with van der Waals surface area (Å²) < 4.78 is 1.70. The molecule has 0 spiro atoms. The Bertz CT molecular complexity index is 937. The fourth-order valence-electron chi connectivity index (χ4n) is 2.40. The van der Waals surface area contributed by atoms with E-state index in [9.17, 15) is 4.79 Å². The number of benzene rings is 1. The second kappa shape index (κ2) is 6.90. The zero-order valence-electron chi connectivity index (χ0n) is 14.0. The van der Waals surface area contributed by atoms with Gasteiger partial charge in [-0.2, -0.15) is 5.10 Å². The van der Waals surface area contributed by atoms with Crippen LogP contribution in [-0.4, -0.2) is 25.8 Å². The van der Waals surface area contributed by atoms with Crippen molar-refractivity contribution in [2.45, 2.75) is 20.8 Å². The average molecular weight is 357 g/mol. The molecule has 0 aliphatic heterocycles. The molecule has 25 heavy (non-hydrogen) atoms. The maximum atomic E-state index is 12.2. The minimum absolute atomic E-state index is 0.370. The van der Waals surface area contributed by atoms with Crippen molar-refractivity contribution in [3.05, 3.63) is 58.6 Å². The Kier molecular flexibility index (Phi) is 4.67. The fourth-order valence-corrected chi connectivity index (χ4v) is 2.58. The van der Waals surface area contributed by atoms with Crippen molar-refractivity contribution in [3.63, 3.8) is 0 Å². The molecule has 3 rings (SSSR count). The average Bonchev–Trinajstić information content (AvgIpc) is 2.90. The van der Waals surface area contributed by atoms with Crippen LogP contribution in [0, 0.1) is 20.8 Å². The predicted molar refractivity (Wildman–Crippen MR) is 97.5 cm³/mol. The van der Waals surface area contributed by atoms with Crippen LogP contribution in [0.4, 0.5) is 16.3 Å². The number of carbonyl (C=O) groups excluding carboxylic acids is 1. The number of amides is 2. The van der Waals surface area contributed by atoms with E-state index < -0.39 is 6.03 Å². The number of aryl methyl sites for hydroxylation is 2. The van der Waals surface area contributed by atoms with Crippen molar-refractivity contribution in [2.75, 3.05) is 10.6 Å². The summed E-state index contributed by atoms with van der Waals surface area (Å²) in [5.41, 5.74) is 3.27. The van der Waals surface area contributed by atoms with Crippen LogP contribution >= 0.6 is 11.6 Å². The Labute approximate surface area is 150 Å². The van der Waals surface area contributed by atoms with Gasteiger partial charge in [0.05, 0.1) is 5.69 Å². The summed E-state index contributed by atoms with van der Waals surface area (Å²) in [6.07, 6.45) is 1.38. The minimum Gasteiger partial charge on any atom is -0.307 e. The van der Waals surface area contributed by atoms with E-state index in [-0.39, 0.29) is 0 Å². The number of urea groups is 1. The van der Waals surface area contributed by atoms with Gasteiger partial charge in [0.2, 0.25) is 0 Å². The lowest BCUT2D eigenvalue weighted by atomic mass is 10.2. The first-order chi connectivity index (χ1) is 11.9. The number of hydrogen-bond donors (Lipinski definition) is 2. The summed E-state index contributed by atoms with van der Waals surface area (Å²) in [6, 6.07) is 8.51. The predicted octanol–water partition coefficient (Wildman–Crippen LogP) is 3.88. The van der Waals surface area contributed by atoms with Crippen molar-refractivity contribution in [3.8, 4) is 5.82 Å². The summed E-state index contributed by atoms with van der Waals surface area (Å²) in [6.45, 7) is 5.68. The summed E-state index contributed by atoms with van der Waals surface area (Å²) in [5.74, 6) is 0.949. The molecule has 7 nitrogen and oxygen atoms in total. The molecule has 8 heteroatoms. The smallest absolute Gasteiger partial charge is 0.307 e. The molecule has 128 valence electrons. The van der Waals surface area contributed by atoms with E-state index in [0.717, 1.165) is 17.0 Å². The van der Waals surface area contributed by atoms with Crippen molar-refractivity contribution >= 4 is 29.1 Å². The van der Waals surface area contributed by atoms with Crippen molar-refractivity contribution in [2.24, 2.45) is 0 Å². The quantitative estimate of drug-likeness (QED) is 0.745. The number of aromatic nitrogens is 4. The molecule has 3 aromatic rings. The van der Waals surface area contributed by atoms with E-state index in [4.69, 9.17) is 11.6 Å². The van der Waals surface area contributed by atoms with Gasteiger partial charge < -0.3 is 5.32 Å². The van der Waals surface area contributed by atoms with Gasteiger partial charge in [0, 0.05) is 22.5 Å². The fraction of sp³-hybridized carbons (Fsp3) is 0.176. The maximum Gasteiger partial charge on any atom is 0.324 e. The lowest BCUT2D eigenvalue weighted by Gasteiger charge is -2.11. The maximum absolute atomic E-state index is 12.2. The van der Waals surface area contributed by atoms with Crippen molar-refractivity contribution in [1.29, 1.82) is 0 Å². The Balaban J connectivity index is 1.77. The molecule has 0 aliphatic carbocycles. The van der Waals surface area contributed by atoms with E-state index in [2.05, 4.69) is 25.7 Å². The highest BCUT2D eigenvalue weighted by atomic mass is 35.5. The summed E-state index contributed by atoms with van der Waals surface area (Å²) in [7, 11) is 0. The largest absolute Gasteiger partial charge is 0.324 e. The van der Waals surface area contributed by atoms with Crippen LogP contribution in [0.2, 0.25) is 5.02 Å². The van der Waals surface area contributed by atoms with Crippen LogP contribution in [0.3, 0.4) is 0 Å².